The van der Waals surface area contributed by atoms with Gasteiger partial charge in [0.2, 0.25) is 0 Å². The van der Waals surface area contributed by atoms with Crippen LogP contribution in [0.25, 0.3) is 0 Å². The zero-order valence-electron chi connectivity index (χ0n) is 15.1. The Morgan fingerprint density at radius 2 is 1.96 bits per heavy atom. The van der Waals surface area contributed by atoms with Crippen molar-refractivity contribution in [2.24, 2.45) is 5.92 Å². The zero-order valence-corrected chi connectivity index (χ0v) is 15.1. The summed E-state index contributed by atoms with van der Waals surface area (Å²) in [6.07, 6.45) is 3.75. The van der Waals surface area contributed by atoms with E-state index in [1.54, 1.807) is 6.20 Å². The van der Waals surface area contributed by atoms with Gasteiger partial charge in [0.1, 0.15) is 5.56 Å². The highest BCUT2D eigenvalue weighted by molar-refractivity contribution is 5.94. The van der Waals surface area contributed by atoms with E-state index in [0.29, 0.717) is 5.92 Å². The van der Waals surface area contributed by atoms with Crippen LogP contribution < -0.4 is 5.43 Å². The van der Waals surface area contributed by atoms with Gasteiger partial charge < -0.3 is 9.88 Å². The Bertz CT molecular complexity index is 846. The second kappa shape index (κ2) is 7.08. The van der Waals surface area contributed by atoms with Crippen LogP contribution >= 0.6 is 0 Å². The number of carbonyl (C=O) groups excluding carboxylic acids is 1. The first-order chi connectivity index (χ1) is 12.6. The molecule has 3 fully saturated rings. The number of aromatic nitrogens is 1. The van der Waals surface area contributed by atoms with Gasteiger partial charge >= 0.3 is 0 Å². The third kappa shape index (κ3) is 3.44. The first-order valence-electron chi connectivity index (χ1n) is 9.37. The van der Waals surface area contributed by atoms with E-state index in [9.17, 15) is 9.59 Å². The van der Waals surface area contributed by atoms with Crippen LogP contribution in [-0.4, -0.2) is 46.4 Å². The minimum absolute atomic E-state index is 0.123. The molecular weight excluding hydrogens is 326 g/mol. The third-order valence-electron chi connectivity index (χ3n) is 5.59. The molecule has 0 unspecified atom stereocenters. The number of fused-ring (bicyclic) bond motifs is 4. The predicted molar refractivity (Wildman–Crippen MR) is 101 cm³/mol. The molecule has 1 amide bonds. The predicted octanol–water partition coefficient (Wildman–Crippen LogP) is 2.42. The fraction of sp³-hybridized carbons (Fsp3) is 0.429. The molecule has 26 heavy (non-hydrogen) atoms. The average Bonchev–Trinajstić information content (AvgIpc) is 2.92. The van der Waals surface area contributed by atoms with Crippen LogP contribution in [0.1, 0.15) is 34.5 Å². The second-order valence-electron chi connectivity index (χ2n) is 7.63. The Hall–Kier alpha value is -2.40. The van der Waals surface area contributed by atoms with Crippen LogP contribution in [0.3, 0.4) is 0 Å². The summed E-state index contributed by atoms with van der Waals surface area (Å²) in [6.45, 7) is 5.38. The zero-order chi connectivity index (χ0) is 18.1. The lowest BCUT2D eigenvalue weighted by Crippen LogP contribution is -2.48. The fourth-order valence-corrected chi connectivity index (χ4v) is 4.29. The lowest BCUT2D eigenvalue weighted by molar-refractivity contribution is 0.0583. The lowest BCUT2D eigenvalue weighted by atomic mass is 9.94. The molecule has 0 spiro atoms. The minimum Gasteiger partial charge on any atom is -0.364 e. The van der Waals surface area contributed by atoms with Crippen LogP contribution in [0.4, 0.5) is 0 Å². The smallest absolute Gasteiger partial charge is 0.259 e. The number of piperidine rings is 1. The molecule has 1 aromatic heterocycles. The fourth-order valence-electron chi connectivity index (χ4n) is 4.29. The van der Waals surface area contributed by atoms with Gasteiger partial charge in [-0.3, -0.25) is 14.5 Å². The summed E-state index contributed by atoms with van der Waals surface area (Å²) < 4.78 is 0. The number of nitrogens with zero attached hydrogens (tertiary/aromatic N) is 2. The maximum atomic E-state index is 13.0. The van der Waals surface area contributed by atoms with Gasteiger partial charge in [-0.2, -0.15) is 0 Å². The summed E-state index contributed by atoms with van der Waals surface area (Å²) in [7, 11) is 0. The second-order valence-corrected chi connectivity index (χ2v) is 7.63. The maximum Gasteiger partial charge on any atom is 0.259 e. The number of aryl methyl sites for hydroxylation is 1. The molecule has 3 saturated heterocycles. The maximum absolute atomic E-state index is 13.0. The van der Waals surface area contributed by atoms with Crippen LogP contribution in [0.2, 0.25) is 0 Å². The van der Waals surface area contributed by atoms with E-state index >= 15 is 0 Å². The van der Waals surface area contributed by atoms with Crippen molar-refractivity contribution in [3.8, 4) is 0 Å². The van der Waals surface area contributed by atoms with Gasteiger partial charge in [-0.15, -0.1) is 0 Å². The van der Waals surface area contributed by atoms with E-state index in [2.05, 4.69) is 34.1 Å². The SMILES string of the molecule is Cc1cc(=O)c(C(=O)N2C[C@H]3CC[C@@H]2CN(Cc2ccccc2)C3)c[nH]1. The summed E-state index contributed by atoms with van der Waals surface area (Å²) in [5.41, 5.74) is 2.16. The van der Waals surface area contributed by atoms with Gasteiger partial charge in [0.15, 0.2) is 5.43 Å². The Morgan fingerprint density at radius 3 is 2.73 bits per heavy atom. The van der Waals surface area contributed by atoms with Gasteiger partial charge in [0.05, 0.1) is 0 Å². The minimum atomic E-state index is -0.187. The summed E-state index contributed by atoms with van der Waals surface area (Å²) in [4.78, 5) is 32.7. The molecule has 1 aromatic carbocycles. The number of aromatic amines is 1. The number of rotatable bonds is 3. The van der Waals surface area contributed by atoms with E-state index in [0.717, 1.165) is 44.7 Å². The molecule has 3 aliphatic heterocycles. The monoisotopic (exact) mass is 351 g/mol. The van der Waals surface area contributed by atoms with E-state index in [4.69, 9.17) is 0 Å². The quantitative estimate of drug-likeness (QED) is 0.924. The molecule has 0 saturated carbocycles. The highest BCUT2D eigenvalue weighted by atomic mass is 16.2. The van der Waals surface area contributed by atoms with Gasteiger partial charge in [0.25, 0.3) is 5.91 Å². The number of pyridine rings is 1. The lowest BCUT2D eigenvalue weighted by Gasteiger charge is -2.36. The molecule has 4 heterocycles. The Labute approximate surface area is 153 Å². The summed E-state index contributed by atoms with van der Waals surface area (Å²) in [5.74, 6) is 0.355. The standard InChI is InChI=1S/C21H25N3O2/c1-15-9-20(25)19(10-22-15)21(26)24-13-17-7-8-18(24)14-23(12-17)11-16-5-3-2-4-6-16/h2-6,9-10,17-18H,7-8,11-14H2,1H3,(H,22,25)/t17-,18+/m0/s1. The first kappa shape index (κ1) is 17.0. The molecule has 5 heteroatoms. The Kier molecular flexibility index (Phi) is 4.64. The van der Waals surface area contributed by atoms with Crippen molar-refractivity contribution >= 4 is 5.91 Å². The number of H-pyrrole nitrogens is 1. The van der Waals surface area contributed by atoms with Gasteiger partial charge in [-0.05, 0) is 31.2 Å². The molecule has 5 rings (SSSR count). The highest BCUT2D eigenvalue weighted by Gasteiger charge is 2.37. The van der Waals surface area contributed by atoms with Crippen molar-refractivity contribution in [1.29, 1.82) is 0 Å². The Balaban J connectivity index is 1.53. The van der Waals surface area contributed by atoms with Gasteiger partial charge in [-0.1, -0.05) is 30.3 Å². The number of hydrogen-bond acceptors (Lipinski definition) is 3. The Morgan fingerprint density at radius 1 is 1.15 bits per heavy atom. The average molecular weight is 351 g/mol. The van der Waals surface area contributed by atoms with Crippen molar-refractivity contribution in [2.45, 2.75) is 32.4 Å². The van der Waals surface area contributed by atoms with Crippen LogP contribution in [-0.2, 0) is 6.54 Å². The molecule has 5 nitrogen and oxygen atoms in total. The molecule has 136 valence electrons. The van der Waals surface area contributed by atoms with E-state index in [1.165, 1.54) is 11.6 Å². The van der Waals surface area contributed by atoms with Gasteiger partial charge in [-0.25, -0.2) is 0 Å². The number of amides is 1. The largest absolute Gasteiger partial charge is 0.364 e. The van der Waals surface area contributed by atoms with Crippen molar-refractivity contribution in [3.63, 3.8) is 0 Å². The molecule has 2 atom stereocenters. The van der Waals surface area contributed by atoms with Crippen molar-refractivity contribution < 1.29 is 4.79 Å². The van der Waals surface area contributed by atoms with E-state index in [-0.39, 0.29) is 22.9 Å². The van der Waals surface area contributed by atoms with E-state index < -0.39 is 0 Å². The third-order valence-corrected chi connectivity index (χ3v) is 5.59. The topological polar surface area (TPSA) is 56.4 Å². The van der Waals surface area contributed by atoms with Crippen molar-refractivity contribution in [1.82, 2.24) is 14.8 Å². The molecule has 1 N–H and O–H groups in total. The molecule has 3 aliphatic rings. The summed E-state index contributed by atoms with van der Waals surface area (Å²) in [6, 6.07) is 12.2. The number of carbonyl (C=O) groups is 1. The summed E-state index contributed by atoms with van der Waals surface area (Å²) >= 11 is 0. The van der Waals surface area contributed by atoms with Crippen LogP contribution in [0.15, 0.2) is 47.4 Å². The highest BCUT2D eigenvalue weighted by Crippen LogP contribution is 2.29. The van der Waals surface area contributed by atoms with Crippen molar-refractivity contribution in [2.75, 3.05) is 19.6 Å². The van der Waals surface area contributed by atoms with E-state index in [1.807, 2.05) is 17.9 Å². The molecule has 2 aromatic rings. The number of nitrogens with one attached hydrogen (secondary N) is 1. The number of hydrogen-bond donors (Lipinski definition) is 1. The molecular formula is C21H25N3O2. The van der Waals surface area contributed by atoms with Crippen molar-refractivity contribution in [3.05, 3.63) is 69.6 Å². The molecule has 0 aliphatic carbocycles. The molecule has 2 bridgehead atoms. The molecule has 0 radical (unpaired) electrons. The van der Waals surface area contributed by atoms with Crippen LogP contribution in [0.5, 0.6) is 0 Å². The summed E-state index contributed by atoms with van der Waals surface area (Å²) in [5, 5.41) is 0. The normalized spacial score (nSPS) is 23.0. The van der Waals surface area contributed by atoms with Gasteiger partial charge in [0, 0.05) is 50.2 Å². The van der Waals surface area contributed by atoms with Crippen LogP contribution in [0, 0.1) is 12.8 Å². The number of benzene rings is 1. The first-order valence-corrected chi connectivity index (χ1v) is 9.37.